The molecule has 2 heteroatoms. The quantitative estimate of drug-likeness (QED) is 0.561. The SMILES string of the molecule is [CH]=C1Nc2ccccc2N1. The Bertz CT molecular complexity index is 251. The molecule has 0 bridgehead atoms. The number of hydrogen-bond donors (Lipinski definition) is 2. The molecule has 1 heterocycles. The second-order valence-corrected chi connectivity index (χ2v) is 2.21. The summed E-state index contributed by atoms with van der Waals surface area (Å²) in [4.78, 5) is 0. The molecule has 0 unspecified atom stereocenters. The lowest BCUT2D eigenvalue weighted by atomic mass is 10.3. The number of benzene rings is 1. The molecule has 0 saturated heterocycles. The molecule has 0 aliphatic carbocycles. The zero-order valence-corrected chi connectivity index (χ0v) is 5.39. The van der Waals surface area contributed by atoms with Crippen LogP contribution in [0.1, 0.15) is 0 Å². The minimum atomic E-state index is 0.598. The van der Waals surface area contributed by atoms with Crippen LogP contribution < -0.4 is 10.6 Å². The summed E-state index contributed by atoms with van der Waals surface area (Å²) < 4.78 is 0. The van der Waals surface area contributed by atoms with Gasteiger partial charge in [-0.15, -0.1) is 0 Å². The van der Waals surface area contributed by atoms with Crippen molar-refractivity contribution in [3.63, 3.8) is 0 Å². The Balaban J connectivity index is 2.51. The van der Waals surface area contributed by atoms with Crippen LogP contribution in [0.4, 0.5) is 11.4 Å². The van der Waals surface area contributed by atoms with Crippen molar-refractivity contribution >= 4 is 11.4 Å². The number of hydrogen-bond acceptors (Lipinski definition) is 2. The number of fused-ring (bicyclic) bond motifs is 1. The van der Waals surface area contributed by atoms with E-state index in [0.717, 1.165) is 11.4 Å². The maximum absolute atomic E-state index is 5.48. The molecule has 1 aliphatic heterocycles. The molecule has 1 aromatic rings. The van der Waals surface area contributed by atoms with Crippen LogP contribution in [0.2, 0.25) is 0 Å². The lowest BCUT2D eigenvalue weighted by Crippen LogP contribution is -1.94. The van der Waals surface area contributed by atoms with Crippen LogP contribution in [0.15, 0.2) is 30.1 Å². The summed E-state index contributed by atoms with van der Waals surface area (Å²) in [6.07, 6.45) is 0. The van der Waals surface area contributed by atoms with Crippen LogP contribution in [0.25, 0.3) is 0 Å². The Morgan fingerprint density at radius 3 is 2.00 bits per heavy atom. The van der Waals surface area contributed by atoms with Crippen LogP contribution in [0.5, 0.6) is 0 Å². The molecule has 1 radical (unpaired) electrons. The van der Waals surface area contributed by atoms with Gasteiger partial charge >= 0.3 is 0 Å². The van der Waals surface area contributed by atoms with E-state index in [9.17, 15) is 0 Å². The molecule has 1 aromatic carbocycles. The minimum Gasteiger partial charge on any atom is -0.340 e. The van der Waals surface area contributed by atoms with Gasteiger partial charge in [-0.25, -0.2) is 0 Å². The number of rotatable bonds is 0. The molecule has 1 aliphatic rings. The summed E-state index contributed by atoms with van der Waals surface area (Å²) in [5, 5.41) is 5.96. The average Bonchev–Trinajstić information content (AvgIpc) is 2.27. The van der Waals surface area contributed by atoms with E-state index in [2.05, 4.69) is 10.6 Å². The molecule has 49 valence electrons. The van der Waals surface area contributed by atoms with E-state index in [0.29, 0.717) is 5.82 Å². The van der Waals surface area contributed by atoms with E-state index in [1.807, 2.05) is 24.3 Å². The van der Waals surface area contributed by atoms with Gasteiger partial charge in [0.25, 0.3) is 0 Å². The van der Waals surface area contributed by atoms with Crippen LogP contribution in [0, 0.1) is 6.58 Å². The van der Waals surface area contributed by atoms with Crippen molar-refractivity contribution in [3.8, 4) is 0 Å². The molecule has 0 amide bonds. The molecule has 2 N–H and O–H groups in total. The van der Waals surface area contributed by atoms with Crippen molar-refractivity contribution in [2.45, 2.75) is 0 Å². The molecule has 0 saturated carbocycles. The highest BCUT2D eigenvalue weighted by molar-refractivity contribution is 5.78. The molecule has 0 spiro atoms. The fourth-order valence-corrected chi connectivity index (χ4v) is 1.02. The van der Waals surface area contributed by atoms with E-state index in [1.165, 1.54) is 0 Å². The lowest BCUT2D eigenvalue weighted by molar-refractivity contribution is 1.50. The van der Waals surface area contributed by atoms with Gasteiger partial charge in [0.15, 0.2) is 0 Å². The standard InChI is InChI=1S/C8H7N2/c1-6-9-7-4-2-3-5-8(7)10-6/h1-5,9-10H. The van der Waals surface area contributed by atoms with Gasteiger partial charge in [0.2, 0.25) is 0 Å². The highest BCUT2D eigenvalue weighted by Gasteiger charge is 2.09. The van der Waals surface area contributed by atoms with Gasteiger partial charge in [0.1, 0.15) is 5.82 Å². The highest BCUT2D eigenvalue weighted by atomic mass is 15.2. The van der Waals surface area contributed by atoms with Gasteiger partial charge in [0, 0.05) is 0 Å². The van der Waals surface area contributed by atoms with Crippen LogP contribution >= 0.6 is 0 Å². The molecule has 2 nitrogen and oxygen atoms in total. The topological polar surface area (TPSA) is 24.1 Å². The first kappa shape index (κ1) is 5.35. The summed E-state index contributed by atoms with van der Waals surface area (Å²) in [5.74, 6) is 0.598. The maximum Gasteiger partial charge on any atom is 0.108 e. The summed E-state index contributed by atoms with van der Waals surface area (Å²) in [7, 11) is 0. The normalized spacial score (nSPS) is 13.8. The third-order valence-electron chi connectivity index (χ3n) is 1.47. The number of anilines is 2. The van der Waals surface area contributed by atoms with Crippen molar-refractivity contribution in [2.24, 2.45) is 0 Å². The van der Waals surface area contributed by atoms with Crippen LogP contribution in [-0.2, 0) is 0 Å². The summed E-state index contributed by atoms with van der Waals surface area (Å²) in [5.41, 5.74) is 2.08. The van der Waals surface area contributed by atoms with Crippen LogP contribution in [0.3, 0.4) is 0 Å². The second-order valence-electron chi connectivity index (χ2n) is 2.21. The van der Waals surface area contributed by atoms with E-state index < -0.39 is 0 Å². The Kier molecular flexibility index (Phi) is 0.947. The molecule has 10 heavy (non-hydrogen) atoms. The summed E-state index contributed by atoms with van der Waals surface area (Å²) in [6, 6.07) is 7.88. The first-order valence-corrected chi connectivity index (χ1v) is 3.12. The first-order valence-electron chi connectivity index (χ1n) is 3.12. The Morgan fingerprint density at radius 1 is 1.00 bits per heavy atom. The Morgan fingerprint density at radius 2 is 1.50 bits per heavy atom. The average molecular weight is 131 g/mol. The highest BCUT2D eigenvalue weighted by Crippen LogP contribution is 2.28. The van der Waals surface area contributed by atoms with E-state index >= 15 is 0 Å². The van der Waals surface area contributed by atoms with Gasteiger partial charge in [-0.1, -0.05) is 12.1 Å². The van der Waals surface area contributed by atoms with Crippen molar-refractivity contribution in [2.75, 3.05) is 10.6 Å². The molecule has 2 rings (SSSR count). The monoisotopic (exact) mass is 131 g/mol. The zero-order chi connectivity index (χ0) is 6.97. The summed E-state index contributed by atoms with van der Waals surface area (Å²) in [6.45, 7) is 5.48. The largest absolute Gasteiger partial charge is 0.340 e. The zero-order valence-electron chi connectivity index (χ0n) is 5.39. The Hall–Kier alpha value is -1.44. The Labute approximate surface area is 59.6 Å². The lowest BCUT2D eigenvalue weighted by Gasteiger charge is -1.92. The van der Waals surface area contributed by atoms with Gasteiger partial charge < -0.3 is 10.6 Å². The number of nitrogens with one attached hydrogen (secondary N) is 2. The molecule has 0 fully saturated rings. The van der Waals surface area contributed by atoms with Gasteiger partial charge in [0.05, 0.1) is 11.4 Å². The predicted octanol–water partition coefficient (Wildman–Crippen LogP) is 1.80. The van der Waals surface area contributed by atoms with E-state index in [-0.39, 0.29) is 0 Å². The van der Waals surface area contributed by atoms with E-state index in [1.54, 1.807) is 0 Å². The summed E-state index contributed by atoms with van der Waals surface area (Å²) >= 11 is 0. The fraction of sp³-hybridized carbons (Fsp3) is 0. The fourth-order valence-electron chi connectivity index (χ4n) is 1.02. The van der Waals surface area contributed by atoms with E-state index in [4.69, 9.17) is 6.58 Å². The van der Waals surface area contributed by atoms with Crippen molar-refractivity contribution in [3.05, 3.63) is 36.7 Å². The molecule has 0 aromatic heterocycles. The third-order valence-corrected chi connectivity index (χ3v) is 1.47. The molecular formula is C8H7N2. The molecule has 0 atom stereocenters. The second kappa shape index (κ2) is 1.77. The van der Waals surface area contributed by atoms with Gasteiger partial charge in [-0.2, -0.15) is 0 Å². The maximum atomic E-state index is 5.48. The van der Waals surface area contributed by atoms with Crippen LogP contribution in [-0.4, -0.2) is 0 Å². The van der Waals surface area contributed by atoms with Crippen molar-refractivity contribution in [1.82, 2.24) is 0 Å². The number of para-hydroxylation sites is 2. The van der Waals surface area contributed by atoms with Gasteiger partial charge in [-0.05, 0) is 18.7 Å². The molecular weight excluding hydrogens is 124 g/mol. The third kappa shape index (κ3) is 0.658. The van der Waals surface area contributed by atoms with Crippen molar-refractivity contribution < 1.29 is 0 Å². The first-order chi connectivity index (χ1) is 4.86. The predicted molar refractivity (Wildman–Crippen MR) is 41.5 cm³/mol. The van der Waals surface area contributed by atoms with Gasteiger partial charge in [-0.3, -0.25) is 0 Å². The van der Waals surface area contributed by atoms with Crippen molar-refractivity contribution in [1.29, 1.82) is 0 Å². The smallest absolute Gasteiger partial charge is 0.108 e. The minimum absolute atomic E-state index is 0.598.